The van der Waals surface area contributed by atoms with Gasteiger partial charge < -0.3 is 14.6 Å². The predicted octanol–water partition coefficient (Wildman–Crippen LogP) is 5.26. The molecule has 0 unspecified atom stereocenters. The van der Waals surface area contributed by atoms with E-state index in [-0.39, 0.29) is 36.0 Å². The normalized spacial score (nSPS) is 10.3. The Morgan fingerprint density at radius 1 is 0.676 bits per heavy atom. The van der Waals surface area contributed by atoms with Gasteiger partial charge >= 0.3 is 29.6 Å². The van der Waals surface area contributed by atoms with Gasteiger partial charge in [0.25, 0.3) is 0 Å². The summed E-state index contributed by atoms with van der Waals surface area (Å²) in [5.41, 5.74) is 0. The number of ether oxygens (including phenoxy) is 1. The van der Waals surface area contributed by atoms with Gasteiger partial charge in [-0.05, 0) is 62.8 Å². The first-order valence-corrected chi connectivity index (χ1v) is 12.8. The third-order valence-electron chi connectivity index (χ3n) is 5.36. The number of carboxylic acid groups (broad SMARTS) is 1. The topological polar surface area (TPSA) is 49.4 Å². The molecule has 0 saturated heterocycles. The molecule has 0 aliphatic heterocycles. The van der Waals surface area contributed by atoms with Crippen LogP contribution in [-0.4, -0.2) is 5.97 Å². The number of aliphatic carboxylic acids is 1. The van der Waals surface area contributed by atoms with E-state index in [1.54, 1.807) is 0 Å². The molecular formula is C30H43NaO3. The predicted molar refractivity (Wildman–Crippen MR) is 137 cm³/mol. The average molecular weight is 475 g/mol. The van der Waals surface area contributed by atoms with E-state index in [0.717, 1.165) is 30.8 Å². The summed E-state index contributed by atoms with van der Waals surface area (Å²) in [5, 5.41) is 10.2. The number of hydrogen-bond acceptors (Lipinski definition) is 3. The number of benzene rings is 2. The first-order chi connectivity index (χ1) is 16.2. The molecule has 0 saturated carbocycles. The Hall–Kier alpha value is -1.55. The van der Waals surface area contributed by atoms with Crippen LogP contribution < -0.4 is 39.4 Å². The number of carbonyl (C=O) groups excluding carboxylic acids is 1. The molecule has 2 aromatic rings. The minimum Gasteiger partial charge on any atom is -0.550 e. The Bertz CT molecular complexity index is 679. The molecule has 0 aliphatic carbocycles. The maximum atomic E-state index is 10.2. The molecule has 3 nitrogen and oxygen atoms in total. The number of hydrogen-bond donors (Lipinski definition) is 0. The van der Waals surface area contributed by atoms with Gasteiger partial charge in [0.2, 0.25) is 0 Å². The molecule has 0 amide bonds. The van der Waals surface area contributed by atoms with Crippen LogP contribution in [0.4, 0.5) is 0 Å². The first kappa shape index (κ1) is 32.5. The molecule has 34 heavy (non-hydrogen) atoms. The Morgan fingerprint density at radius 3 is 1.53 bits per heavy atom. The molecule has 0 heterocycles. The summed E-state index contributed by atoms with van der Waals surface area (Å²) in [6, 6.07) is 19.5. The number of allylic oxidation sites excluding steroid dienone is 2. The zero-order chi connectivity index (χ0) is 23.8. The van der Waals surface area contributed by atoms with Gasteiger partial charge in [0, 0.05) is 5.97 Å². The summed E-state index contributed by atoms with van der Waals surface area (Å²) in [6.45, 7) is 2.26. The van der Waals surface area contributed by atoms with Crippen molar-refractivity contribution in [3.05, 3.63) is 72.8 Å². The molecular weight excluding hydrogens is 431 g/mol. The van der Waals surface area contributed by atoms with Gasteiger partial charge in [-0.1, -0.05) is 107 Å². The van der Waals surface area contributed by atoms with Gasteiger partial charge in [-0.3, -0.25) is 0 Å². The van der Waals surface area contributed by atoms with Gasteiger partial charge in [-0.2, -0.15) is 0 Å². The van der Waals surface area contributed by atoms with Gasteiger partial charge in [0.15, 0.2) is 0 Å². The quantitative estimate of drug-likeness (QED) is 0.179. The maximum Gasteiger partial charge on any atom is 1.00 e. The molecule has 0 radical (unpaired) electrons. The third kappa shape index (κ3) is 21.0. The molecule has 2 aromatic carbocycles. The average Bonchev–Trinajstić information content (AvgIpc) is 2.83. The minimum absolute atomic E-state index is 0. The number of para-hydroxylation sites is 2. The molecule has 0 atom stereocenters. The molecule has 0 N–H and O–H groups in total. The van der Waals surface area contributed by atoms with E-state index in [1.165, 1.54) is 64.2 Å². The van der Waals surface area contributed by atoms with Crippen molar-refractivity contribution in [3.8, 4) is 11.5 Å². The second-order valence-corrected chi connectivity index (χ2v) is 8.43. The fraction of sp³-hybridized carbons (Fsp3) is 0.500. The summed E-state index contributed by atoms with van der Waals surface area (Å²) < 4.78 is 5.58. The van der Waals surface area contributed by atoms with Crippen LogP contribution >= 0.6 is 0 Å². The van der Waals surface area contributed by atoms with Gasteiger partial charge in [0.05, 0.1) is 0 Å². The van der Waals surface area contributed by atoms with Crippen LogP contribution in [0, 0.1) is 0 Å². The smallest absolute Gasteiger partial charge is 0.550 e. The second kappa shape index (κ2) is 24.6. The van der Waals surface area contributed by atoms with Crippen molar-refractivity contribution in [2.75, 3.05) is 0 Å². The SMILES string of the molecule is CCCCCCCC/C=C\CCCCCCCC(=O)[O-].[Na+].c1ccc(Oc2ccccc2)cc1. The van der Waals surface area contributed by atoms with Crippen LogP contribution in [0.5, 0.6) is 11.5 Å². The van der Waals surface area contributed by atoms with E-state index in [0.29, 0.717) is 0 Å². The van der Waals surface area contributed by atoms with Crippen molar-refractivity contribution >= 4 is 5.97 Å². The third-order valence-corrected chi connectivity index (χ3v) is 5.36. The Morgan fingerprint density at radius 2 is 1.09 bits per heavy atom. The van der Waals surface area contributed by atoms with Crippen molar-refractivity contribution < 1.29 is 44.2 Å². The molecule has 4 heteroatoms. The molecule has 2 rings (SSSR count). The number of carboxylic acids is 1. The molecule has 0 spiro atoms. The van der Waals surface area contributed by atoms with Crippen LogP contribution in [0.2, 0.25) is 0 Å². The summed E-state index contributed by atoms with van der Waals surface area (Å²) in [4.78, 5) is 10.2. The fourth-order valence-corrected chi connectivity index (χ4v) is 3.45. The Balaban J connectivity index is 0.000000668. The van der Waals surface area contributed by atoms with Crippen LogP contribution in [0.1, 0.15) is 96.8 Å². The zero-order valence-electron chi connectivity index (χ0n) is 21.6. The summed E-state index contributed by atoms with van der Waals surface area (Å²) in [6.07, 6.45) is 20.9. The largest absolute Gasteiger partial charge is 1.00 e. The summed E-state index contributed by atoms with van der Waals surface area (Å²) >= 11 is 0. The molecule has 0 aromatic heterocycles. The van der Waals surface area contributed by atoms with Crippen molar-refractivity contribution in [2.45, 2.75) is 96.8 Å². The number of unbranched alkanes of at least 4 members (excludes halogenated alkanes) is 11. The van der Waals surface area contributed by atoms with E-state index in [2.05, 4.69) is 19.1 Å². The minimum atomic E-state index is -0.914. The van der Waals surface area contributed by atoms with Gasteiger partial charge in [-0.25, -0.2) is 0 Å². The summed E-state index contributed by atoms with van der Waals surface area (Å²) in [5.74, 6) is 0.824. The van der Waals surface area contributed by atoms with Crippen LogP contribution in [-0.2, 0) is 4.79 Å². The molecule has 0 fully saturated rings. The van der Waals surface area contributed by atoms with Crippen molar-refractivity contribution in [2.24, 2.45) is 0 Å². The standard InChI is InChI=1S/C18H34O2.C12H10O.Na/c1-2-3-4-5-6-7-8-9-10-11-12-13-14-15-16-17-18(19)20;1-3-7-11(8-4-1)13-12-9-5-2-6-10-12;/h9-10H,2-8,11-17H2,1H3,(H,19,20);1-10H;/q;;+1/p-1/b10-9-;;. The Labute approximate surface area is 230 Å². The zero-order valence-corrected chi connectivity index (χ0v) is 23.6. The van der Waals surface area contributed by atoms with Crippen LogP contribution in [0.3, 0.4) is 0 Å². The van der Waals surface area contributed by atoms with Gasteiger partial charge in [-0.15, -0.1) is 0 Å². The number of carbonyl (C=O) groups is 1. The van der Waals surface area contributed by atoms with E-state index in [1.807, 2.05) is 60.7 Å². The number of rotatable bonds is 17. The van der Waals surface area contributed by atoms with E-state index >= 15 is 0 Å². The van der Waals surface area contributed by atoms with E-state index < -0.39 is 5.97 Å². The van der Waals surface area contributed by atoms with Gasteiger partial charge in [0.1, 0.15) is 11.5 Å². The van der Waals surface area contributed by atoms with E-state index in [9.17, 15) is 9.90 Å². The van der Waals surface area contributed by atoms with Crippen molar-refractivity contribution in [1.29, 1.82) is 0 Å². The Kier molecular flexibility index (Phi) is 23.5. The molecule has 182 valence electrons. The molecule has 0 bridgehead atoms. The molecule has 0 aliphatic rings. The van der Waals surface area contributed by atoms with Crippen LogP contribution in [0.25, 0.3) is 0 Å². The van der Waals surface area contributed by atoms with Crippen LogP contribution in [0.15, 0.2) is 72.8 Å². The van der Waals surface area contributed by atoms with E-state index in [4.69, 9.17) is 4.74 Å². The fourth-order valence-electron chi connectivity index (χ4n) is 3.45. The van der Waals surface area contributed by atoms with Crippen molar-refractivity contribution in [1.82, 2.24) is 0 Å². The summed E-state index contributed by atoms with van der Waals surface area (Å²) in [7, 11) is 0. The van der Waals surface area contributed by atoms with Crippen molar-refractivity contribution in [3.63, 3.8) is 0 Å². The second-order valence-electron chi connectivity index (χ2n) is 8.43. The maximum absolute atomic E-state index is 10.2. The first-order valence-electron chi connectivity index (χ1n) is 12.8. The monoisotopic (exact) mass is 474 g/mol.